The number of methoxy groups -OCH3 is 1. The first-order chi connectivity index (χ1) is 10.4. The van der Waals surface area contributed by atoms with Gasteiger partial charge in [0.15, 0.2) is 0 Å². The van der Waals surface area contributed by atoms with E-state index in [1.807, 2.05) is 31.2 Å². The van der Waals surface area contributed by atoms with E-state index in [4.69, 9.17) is 4.74 Å². The molecule has 2 amide bonds. The highest BCUT2D eigenvalue weighted by Crippen LogP contribution is 2.23. The van der Waals surface area contributed by atoms with Crippen LogP contribution in [0.2, 0.25) is 0 Å². The Morgan fingerprint density at radius 3 is 2.23 bits per heavy atom. The molecule has 122 valence electrons. The molecule has 0 spiro atoms. The molecule has 2 atom stereocenters. The van der Waals surface area contributed by atoms with Crippen molar-refractivity contribution < 1.29 is 19.2 Å². The number of hydroxylamine groups is 1. The predicted octanol–water partition coefficient (Wildman–Crippen LogP) is 1.92. The lowest BCUT2D eigenvalue weighted by Gasteiger charge is -2.30. The molecule has 1 aromatic carbocycles. The lowest BCUT2D eigenvalue weighted by molar-refractivity contribution is -0.138. The molecular weight excluding hydrogens is 284 g/mol. The van der Waals surface area contributed by atoms with Crippen molar-refractivity contribution in [2.45, 2.75) is 26.8 Å². The van der Waals surface area contributed by atoms with Crippen LogP contribution in [0.1, 0.15) is 32.4 Å². The van der Waals surface area contributed by atoms with Gasteiger partial charge in [-0.1, -0.05) is 19.1 Å². The molecule has 0 aliphatic rings. The molecule has 1 unspecified atom stereocenters. The molecule has 0 aliphatic carbocycles. The van der Waals surface area contributed by atoms with Gasteiger partial charge in [0.1, 0.15) is 5.75 Å². The monoisotopic (exact) mass is 308 g/mol. The van der Waals surface area contributed by atoms with E-state index in [0.717, 1.165) is 11.3 Å². The number of hydrogen-bond donors (Lipinski definition) is 1. The topological polar surface area (TPSA) is 67.9 Å². The van der Waals surface area contributed by atoms with Crippen molar-refractivity contribution in [1.82, 2.24) is 10.4 Å². The van der Waals surface area contributed by atoms with Gasteiger partial charge in [-0.25, -0.2) is 5.48 Å². The number of nitrogens with one attached hydrogen (secondary N) is 1. The zero-order chi connectivity index (χ0) is 16.7. The lowest BCUT2D eigenvalue weighted by atomic mass is 10.0. The maximum atomic E-state index is 11.9. The predicted molar refractivity (Wildman–Crippen MR) is 83.1 cm³/mol. The molecule has 6 heteroatoms. The summed E-state index contributed by atoms with van der Waals surface area (Å²) in [7, 11) is 2.99. The third kappa shape index (κ3) is 4.73. The van der Waals surface area contributed by atoms with Gasteiger partial charge in [-0.15, -0.1) is 0 Å². The van der Waals surface area contributed by atoms with Crippen molar-refractivity contribution >= 4 is 11.8 Å². The number of benzene rings is 1. The van der Waals surface area contributed by atoms with E-state index in [2.05, 4.69) is 10.3 Å². The average molecular weight is 308 g/mol. The number of carbonyl (C=O) groups excluding carboxylic acids is 2. The third-order valence-electron chi connectivity index (χ3n) is 3.59. The lowest BCUT2D eigenvalue weighted by Crippen LogP contribution is -2.40. The fraction of sp³-hybridized carbons (Fsp3) is 0.500. The van der Waals surface area contributed by atoms with Crippen LogP contribution in [0.3, 0.4) is 0 Å². The van der Waals surface area contributed by atoms with Gasteiger partial charge in [-0.2, -0.15) is 0 Å². The Bertz CT molecular complexity index is 501. The zero-order valence-corrected chi connectivity index (χ0v) is 13.8. The normalized spacial score (nSPS) is 13.1. The Kier molecular flexibility index (Phi) is 6.85. The third-order valence-corrected chi connectivity index (χ3v) is 3.59. The van der Waals surface area contributed by atoms with Gasteiger partial charge in [0.2, 0.25) is 11.8 Å². The SMILES string of the molecule is CONC(=O)C(C)CN(C(C)=O)[C@@H](C)c1ccc(OC)cc1. The Hall–Kier alpha value is -2.08. The van der Waals surface area contributed by atoms with Crippen LogP contribution in [0.5, 0.6) is 5.75 Å². The smallest absolute Gasteiger partial charge is 0.248 e. The van der Waals surface area contributed by atoms with Gasteiger partial charge >= 0.3 is 0 Å². The average Bonchev–Trinajstić information content (AvgIpc) is 2.51. The Balaban J connectivity index is 2.84. The first-order valence-corrected chi connectivity index (χ1v) is 7.14. The minimum absolute atomic E-state index is 0.0830. The second-order valence-electron chi connectivity index (χ2n) is 5.19. The molecule has 22 heavy (non-hydrogen) atoms. The highest BCUT2D eigenvalue weighted by Gasteiger charge is 2.24. The molecule has 0 aliphatic heterocycles. The maximum Gasteiger partial charge on any atom is 0.248 e. The molecule has 0 saturated carbocycles. The number of rotatable bonds is 7. The van der Waals surface area contributed by atoms with E-state index in [1.165, 1.54) is 14.0 Å². The molecular formula is C16H24N2O4. The van der Waals surface area contributed by atoms with Crippen molar-refractivity contribution in [2.75, 3.05) is 20.8 Å². The summed E-state index contributed by atoms with van der Waals surface area (Å²) in [5.74, 6) is 0.0544. The molecule has 0 radical (unpaired) electrons. The van der Waals surface area contributed by atoms with E-state index in [0.29, 0.717) is 6.54 Å². The molecule has 0 heterocycles. The van der Waals surface area contributed by atoms with Crippen molar-refractivity contribution in [1.29, 1.82) is 0 Å². The number of ether oxygens (including phenoxy) is 1. The van der Waals surface area contributed by atoms with Gasteiger partial charge in [0, 0.05) is 13.5 Å². The standard InChI is InChI=1S/C16H24N2O4/c1-11(16(20)17-22-5)10-18(13(3)19)12(2)14-6-8-15(21-4)9-7-14/h6-9,11-12H,10H2,1-5H3,(H,17,20)/t11?,12-/m0/s1. The summed E-state index contributed by atoms with van der Waals surface area (Å²) in [5.41, 5.74) is 3.27. The molecule has 6 nitrogen and oxygen atoms in total. The van der Waals surface area contributed by atoms with Gasteiger partial charge in [0.05, 0.1) is 26.2 Å². The number of nitrogens with zero attached hydrogens (tertiary/aromatic N) is 1. The van der Waals surface area contributed by atoms with Crippen molar-refractivity contribution in [3.05, 3.63) is 29.8 Å². The fourth-order valence-corrected chi connectivity index (χ4v) is 2.20. The van der Waals surface area contributed by atoms with Crippen LogP contribution in [0, 0.1) is 5.92 Å². The molecule has 1 rings (SSSR count). The zero-order valence-electron chi connectivity index (χ0n) is 13.8. The van der Waals surface area contributed by atoms with E-state index in [-0.39, 0.29) is 23.8 Å². The van der Waals surface area contributed by atoms with Crippen molar-refractivity contribution in [2.24, 2.45) is 5.92 Å². The van der Waals surface area contributed by atoms with E-state index < -0.39 is 0 Å². The Morgan fingerprint density at radius 2 is 1.77 bits per heavy atom. The van der Waals surface area contributed by atoms with Crippen LogP contribution in [0.4, 0.5) is 0 Å². The van der Waals surface area contributed by atoms with Crippen LogP contribution in [-0.4, -0.2) is 37.5 Å². The van der Waals surface area contributed by atoms with Gasteiger partial charge < -0.3 is 9.64 Å². The van der Waals surface area contributed by atoms with E-state index >= 15 is 0 Å². The first-order valence-electron chi connectivity index (χ1n) is 7.14. The van der Waals surface area contributed by atoms with Gasteiger partial charge in [-0.3, -0.25) is 14.4 Å². The highest BCUT2D eigenvalue weighted by molar-refractivity contribution is 5.79. The summed E-state index contributed by atoms with van der Waals surface area (Å²) in [6.45, 7) is 5.51. The van der Waals surface area contributed by atoms with Crippen LogP contribution in [0.25, 0.3) is 0 Å². The number of hydrogen-bond acceptors (Lipinski definition) is 4. The summed E-state index contributed by atoms with van der Waals surface area (Å²) in [4.78, 5) is 30.0. The summed E-state index contributed by atoms with van der Waals surface area (Å²) in [6.07, 6.45) is 0. The van der Waals surface area contributed by atoms with Crippen LogP contribution >= 0.6 is 0 Å². The minimum atomic E-state index is -0.371. The summed E-state index contributed by atoms with van der Waals surface area (Å²) in [5, 5.41) is 0. The molecule has 0 aromatic heterocycles. The van der Waals surface area contributed by atoms with Crippen LogP contribution in [-0.2, 0) is 14.4 Å². The molecule has 0 fully saturated rings. The largest absolute Gasteiger partial charge is 0.497 e. The molecule has 0 bridgehead atoms. The Morgan fingerprint density at radius 1 is 1.18 bits per heavy atom. The maximum absolute atomic E-state index is 11.9. The second kappa shape index (κ2) is 8.38. The quantitative estimate of drug-likeness (QED) is 0.781. The van der Waals surface area contributed by atoms with Crippen molar-refractivity contribution in [3.63, 3.8) is 0 Å². The molecule has 0 saturated heterocycles. The van der Waals surface area contributed by atoms with Crippen LogP contribution in [0.15, 0.2) is 24.3 Å². The number of carbonyl (C=O) groups is 2. The number of amides is 2. The first kappa shape index (κ1) is 18.0. The van der Waals surface area contributed by atoms with E-state index in [9.17, 15) is 9.59 Å². The Labute approximate surface area is 131 Å². The van der Waals surface area contributed by atoms with Gasteiger partial charge in [0.25, 0.3) is 0 Å². The minimum Gasteiger partial charge on any atom is -0.497 e. The van der Waals surface area contributed by atoms with Gasteiger partial charge in [-0.05, 0) is 24.6 Å². The van der Waals surface area contributed by atoms with Crippen molar-refractivity contribution in [3.8, 4) is 5.75 Å². The summed E-state index contributed by atoms with van der Waals surface area (Å²) in [6, 6.07) is 7.40. The second-order valence-corrected chi connectivity index (χ2v) is 5.19. The summed E-state index contributed by atoms with van der Waals surface area (Å²) < 4.78 is 5.13. The fourth-order valence-electron chi connectivity index (χ4n) is 2.20. The van der Waals surface area contributed by atoms with E-state index in [1.54, 1.807) is 18.9 Å². The summed E-state index contributed by atoms with van der Waals surface area (Å²) >= 11 is 0. The molecule has 1 N–H and O–H groups in total. The highest BCUT2D eigenvalue weighted by atomic mass is 16.6. The van der Waals surface area contributed by atoms with Crippen LogP contribution < -0.4 is 10.2 Å². The molecule has 1 aromatic rings.